The van der Waals surface area contributed by atoms with Crippen molar-refractivity contribution in [1.82, 2.24) is 14.7 Å². The molecule has 1 heterocycles. The Labute approximate surface area is 149 Å². The van der Waals surface area contributed by atoms with E-state index in [4.69, 9.17) is 5.73 Å². The van der Waals surface area contributed by atoms with E-state index >= 15 is 0 Å². The molecule has 120 valence electrons. The summed E-state index contributed by atoms with van der Waals surface area (Å²) >= 11 is 0. The van der Waals surface area contributed by atoms with Gasteiger partial charge < -0.3 is 10.6 Å². The molecule has 2 aromatic rings. The smallest absolute Gasteiger partial charge is 0.191 e. The second-order valence-corrected chi connectivity index (χ2v) is 4.82. The highest BCUT2D eigenvalue weighted by Gasteiger charge is 2.05. The molecule has 0 aliphatic carbocycles. The minimum absolute atomic E-state index is 0. The van der Waals surface area contributed by atoms with Crippen LogP contribution in [-0.4, -0.2) is 33.7 Å². The molecule has 0 atom stereocenters. The van der Waals surface area contributed by atoms with Crippen LogP contribution in [0.25, 0.3) is 0 Å². The maximum absolute atomic E-state index is 6.03. The molecular weight excluding hydrogens is 389 g/mol. The molecule has 0 aliphatic heterocycles. The van der Waals surface area contributed by atoms with Crippen molar-refractivity contribution in [2.24, 2.45) is 10.7 Å². The molecule has 5 nitrogen and oxygen atoms in total. The van der Waals surface area contributed by atoms with Gasteiger partial charge in [0, 0.05) is 25.5 Å². The molecule has 2 rings (SSSR count). The maximum atomic E-state index is 6.03. The average molecular weight is 413 g/mol. The lowest BCUT2D eigenvalue weighted by atomic mass is 10.1. The molecule has 2 N–H and O–H groups in total. The van der Waals surface area contributed by atoms with Gasteiger partial charge in [-0.15, -0.1) is 24.0 Å². The van der Waals surface area contributed by atoms with Crippen LogP contribution in [0.1, 0.15) is 25.0 Å². The number of benzene rings is 1. The molecule has 6 heteroatoms. The minimum atomic E-state index is 0. The maximum Gasteiger partial charge on any atom is 0.191 e. The Morgan fingerprint density at radius 2 is 1.86 bits per heavy atom. The highest BCUT2D eigenvalue weighted by molar-refractivity contribution is 14.0. The normalized spacial score (nSPS) is 11.1. The van der Waals surface area contributed by atoms with Crippen molar-refractivity contribution < 1.29 is 0 Å². The topological polar surface area (TPSA) is 59.4 Å². The van der Waals surface area contributed by atoms with Gasteiger partial charge in [0.2, 0.25) is 0 Å². The number of nitrogens with two attached hydrogens (primary N) is 1. The van der Waals surface area contributed by atoms with E-state index in [0.29, 0.717) is 12.5 Å². The Morgan fingerprint density at radius 1 is 1.18 bits per heavy atom. The number of aromatic nitrogens is 2. The highest BCUT2D eigenvalue weighted by atomic mass is 127. The van der Waals surface area contributed by atoms with Crippen molar-refractivity contribution >= 4 is 29.9 Å². The van der Waals surface area contributed by atoms with E-state index in [-0.39, 0.29) is 24.0 Å². The molecule has 0 spiro atoms. The molecule has 0 aliphatic rings. The zero-order chi connectivity index (χ0) is 15.1. The van der Waals surface area contributed by atoms with Crippen LogP contribution >= 0.6 is 24.0 Å². The van der Waals surface area contributed by atoms with Crippen molar-refractivity contribution in [1.29, 1.82) is 0 Å². The summed E-state index contributed by atoms with van der Waals surface area (Å²) in [6, 6.07) is 10.2. The van der Waals surface area contributed by atoms with E-state index in [2.05, 4.69) is 41.0 Å². The molecule has 1 aromatic carbocycles. The van der Waals surface area contributed by atoms with Crippen LogP contribution in [0.3, 0.4) is 0 Å². The highest BCUT2D eigenvalue weighted by Crippen LogP contribution is 2.11. The van der Waals surface area contributed by atoms with Gasteiger partial charge in [-0.05, 0) is 31.0 Å². The van der Waals surface area contributed by atoms with Gasteiger partial charge in [-0.25, -0.2) is 4.99 Å². The van der Waals surface area contributed by atoms with Crippen LogP contribution in [0.15, 0.2) is 47.7 Å². The van der Waals surface area contributed by atoms with Crippen LogP contribution in [0, 0.1) is 0 Å². The monoisotopic (exact) mass is 413 g/mol. The molecule has 0 fully saturated rings. The lowest BCUT2D eigenvalue weighted by Gasteiger charge is -2.19. The van der Waals surface area contributed by atoms with Crippen LogP contribution in [-0.2, 0) is 13.1 Å². The largest absolute Gasteiger partial charge is 0.370 e. The second-order valence-electron chi connectivity index (χ2n) is 4.82. The van der Waals surface area contributed by atoms with Gasteiger partial charge in [0.15, 0.2) is 5.96 Å². The van der Waals surface area contributed by atoms with E-state index in [9.17, 15) is 0 Å². The van der Waals surface area contributed by atoms with Crippen LogP contribution in [0.4, 0.5) is 0 Å². The molecule has 22 heavy (non-hydrogen) atoms. The number of guanidine groups is 1. The molecule has 1 aromatic heterocycles. The fraction of sp³-hybridized carbons (Fsp3) is 0.375. The van der Waals surface area contributed by atoms with E-state index in [1.54, 1.807) is 6.20 Å². The third kappa shape index (κ3) is 5.01. The summed E-state index contributed by atoms with van der Waals surface area (Å²) in [7, 11) is 0. The van der Waals surface area contributed by atoms with Crippen molar-refractivity contribution in [3.8, 4) is 0 Å². The third-order valence-corrected chi connectivity index (χ3v) is 3.51. The molecular formula is C16H24IN5. The predicted octanol–water partition coefficient (Wildman–Crippen LogP) is 2.71. The van der Waals surface area contributed by atoms with Crippen molar-refractivity contribution in [2.45, 2.75) is 26.9 Å². The number of halogens is 1. The Morgan fingerprint density at radius 3 is 2.45 bits per heavy atom. The van der Waals surface area contributed by atoms with Gasteiger partial charge in [-0.2, -0.15) is 5.10 Å². The van der Waals surface area contributed by atoms with Crippen molar-refractivity contribution in [2.75, 3.05) is 13.1 Å². The van der Waals surface area contributed by atoms with Crippen molar-refractivity contribution in [3.63, 3.8) is 0 Å². The lowest BCUT2D eigenvalue weighted by Crippen LogP contribution is -2.37. The molecule has 0 radical (unpaired) electrons. The van der Waals surface area contributed by atoms with E-state index in [1.165, 1.54) is 11.1 Å². The molecule has 0 saturated heterocycles. The fourth-order valence-electron chi connectivity index (χ4n) is 2.25. The van der Waals surface area contributed by atoms with E-state index in [1.807, 2.05) is 29.1 Å². The quantitative estimate of drug-likeness (QED) is 0.450. The van der Waals surface area contributed by atoms with Crippen molar-refractivity contribution in [3.05, 3.63) is 53.9 Å². The summed E-state index contributed by atoms with van der Waals surface area (Å²) < 4.78 is 1.91. The Bertz CT molecular complexity index is 576. The predicted molar refractivity (Wildman–Crippen MR) is 101 cm³/mol. The van der Waals surface area contributed by atoms with Gasteiger partial charge in [0.1, 0.15) is 0 Å². The summed E-state index contributed by atoms with van der Waals surface area (Å²) in [6.07, 6.45) is 3.75. The van der Waals surface area contributed by atoms with Gasteiger partial charge in [-0.1, -0.05) is 24.3 Å². The SMILES string of the molecule is CCN(CC)C(N)=NCc1ccccc1Cn1cccn1.I. The zero-order valence-electron chi connectivity index (χ0n) is 13.1. The number of hydrogen-bond donors (Lipinski definition) is 1. The van der Waals surface area contributed by atoms with E-state index in [0.717, 1.165) is 19.6 Å². The zero-order valence-corrected chi connectivity index (χ0v) is 15.5. The standard InChI is InChI=1S/C16H23N5.HI/c1-3-20(4-2)16(17)18-12-14-8-5-6-9-15(14)13-21-11-7-10-19-21;/h5-11H,3-4,12-13H2,1-2H3,(H2,17,18);1H. The third-order valence-electron chi connectivity index (χ3n) is 3.51. The summed E-state index contributed by atoms with van der Waals surface area (Å²) in [5.41, 5.74) is 8.43. The first kappa shape index (κ1) is 18.5. The number of rotatable bonds is 6. The molecule has 0 bridgehead atoms. The van der Waals surface area contributed by atoms with Crippen LogP contribution in [0.2, 0.25) is 0 Å². The number of nitrogens with zero attached hydrogens (tertiary/aromatic N) is 4. The van der Waals surface area contributed by atoms with E-state index < -0.39 is 0 Å². The van der Waals surface area contributed by atoms with Gasteiger partial charge in [-0.3, -0.25) is 4.68 Å². The van der Waals surface area contributed by atoms with Crippen LogP contribution < -0.4 is 5.73 Å². The van der Waals surface area contributed by atoms with Crippen LogP contribution in [0.5, 0.6) is 0 Å². The molecule has 0 unspecified atom stereocenters. The average Bonchev–Trinajstić information content (AvgIpc) is 3.00. The Balaban J connectivity index is 0.00000242. The first-order valence-electron chi connectivity index (χ1n) is 7.33. The molecule has 0 saturated carbocycles. The molecule has 0 amide bonds. The second kappa shape index (κ2) is 9.45. The summed E-state index contributed by atoms with van der Waals surface area (Å²) in [4.78, 5) is 6.57. The fourth-order valence-corrected chi connectivity index (χ4v) is 2.25. The Hall–Kier alpha value is -1.57. The minimum Gasteiger partial charge on any atom is -0.370 e. The number of aliphatic imine (C=N–C) groups is 1. The lowest BCUT2D eigenvalue weighted by molar-refractivity contribution is 0.458. The van der Waals surface area contributed by atoms with Gasteiger partial charge >= 0.3 is 0 Å². The van der Waals surface area contributed by atoms with Gasteiger partial charge in [0.05, 0.1) is 13.1 Å². The number of hydrogen-bond acceptors (Lipinski definition) is 2. The summed E-state index contributed by atoms with van der Waals surface area (Å²) in [6.45, 7) is 7.26. The summed E-state index contributed by atoms with van der Waals surface area (Å²) in [5, 5.41) is 4.25. The first-order valence-corrected chi connectivity index (χ1v) is 7.33. The first-order chi connectivity index (χ1) is 10.2. The van der Waals surface area contributed by atoms with Gasteiger partial charge in [0.25, 0.3) is 0 Å². The summed E-state index contributed by atoms with van der Waals surface area (Å²) in [5.74, 6) is 0.605. The Kier molecular flexibility index (Phi) is 7.94.